The fourth-order valence-electron chi connectivity index (χ4n) is 0.475. The van der Waals surface area contributed by atoms with E-state index in [-0.39, 0.29) is 13.2 Å². The molecular weight excluding hydrogens is 152 g/mol. The summed E-state index contributed by atoms with van der Waals surface area (Å²) in [5, 5.41) is 17.2. The van der Waals surface area contributed by atoms with Crippen LogP contribution in [0, 0.1) is 0 Å². The smallest absolute Gasteiger partial charge is 0.271 e. The van der Waals surface area contributed by atoms with Crippen LogP contribution in [0.4, 0.5) is 0 Å². The Bertz CT molecular complexity index is 83.0. The van der Waals surface area contributed by atoms with Gasteiger partial charge >= 0.3 is 0 Å². The Labute approximate surface area is 65.5 Å². The highest BCUT2D eigenvalue weighted by atomic mass is 16.8. The van der Waals surface area contributed by atoms with E-state index in [1.54, 1.807) is 0 Å². The van der Waals surface area contributed by atoms with E-state index in [1.165, 1.54) is 14.2 Å². The topological polar surface area (TPSA) is 68.2 Å². The summed E-state index contributed by atoms with van der Waals surface area (Å²) in [5.41, 5.74) is 0. The lowest BCUT2D eigenvalue weighted by Crippen LogP contribution is -2.26. The molecule has 2 N–H and O–H groups in total. The minimum atomic E-state index is -0.886. The van der Waals surface area contributed by atoms with Crippen LogP contribution in [-0.2, 0) is 14.2 Å². The van der Waals surface area contributed by atoms with Gasteiger partial charge in [0.2, 0.25) is 0 Å². The number of methoxy groups -OCH3 is 2. The first-order valence-electron chi connectivity index (χ1n) is 3.20. The summed E-state index contributed by atoms with van der Waals surface area (Å²) in [7, 11) is 2.83. The molecule has 0 fully saturated rings. The third kappa shape index (κ3) is 5.11. The van der Waals surface area contributed by atoms with E-state index in [9.17, 15) is 0 Å². The zero-order valence-corrected chi connectivity index (χ0v) is 6.69. The minimum absolute atomic E-state index is 0.0111. The van der Waals surface area contributed by atoms with Gasteiger partial charge in [-0.1, -0.05) is 0 Å². The predicted octanol–water partition coefficient (Wildman–Crippen LogP) is -1.07. The van der Waals surface area contributed by atoms with Gasteiger partial charge in [0, 0.05) is 14.2 Å². The van der Waals surface area contributed by atoms with Crippen LogP contribution >= 0.6 is 0 Å². The predicted molar refractivity (Wildman–Crippen MR) is 36.9 cm³/mol. The number of hydrogen-bond donors (Lipinski definition) is 2. The van der Waals surface area contributed by atoms with Crippen LogP contribution in [0.2, 0.25) is 0 Å². The third-order valence-electron chi connectivity index (χ3n) is 1.02. The molecule has 0 aliphatic heterocycles. The highest BCUT2D eigenvalue weighted by molar-refractivity contribution is 4.47. The molecule has 68 valence electrons. The molecule has 0 radical (unpaired) electrons. The molecule has 0 saturated carbocycles. The van der Waals surface area contributed by atoms with E-state index < -0.39 is 12.6 Å². The van der Waals surface area contributed by atoms with Gasteiger partial charge in [-0.05, 0) is 0 Å². The Morgan fingerprint density at radius 2 is 1.82 bits per heavy atom. The van der Waals surface area contributed by atoms with Crippen LogP contribution in [0.15, 0.2) is 0 Å². The van der Waals surface area contributed by atoms with Gasteiger partial charge in [-0.25, -0.2) is 0 Å². The lowest BCUT2D eigenvalue weighted by molar-refractivity contribution is -0.273. The maximum Gasteiger partial charge on any atom is 0.271 e. The second-order valence-electron chi connectivity index (χ2n) is 1.93. The highest BCUT2D eigenvalue weighted by Crippen LogP contribution is 1.94. The van der Waals surface area contributed by atoms with Crippen molar-refractivity contribution < 1.29 is 24.4 Å². The first kappa shape index (κ1) is 10.8. The van der Waals surface area contributed by atoms with E-state index in [2.05, 4.69) is 9.47 Å². The van der Waals surface area contributed by atoms with E-state index in [4.69, 9.17) is 14.9 Å². The summed E-state index contributed by atoms with van der Waals surface area (Å²) in [6.07, 6.45) is -0.886. The number of aliphatic hydroxyl groups is 2. The average Bonchev–Trinajstić information content (AvgIpc) is 2.06. The Kier molecular flexibility index (Phi) is 6.39. The lowest BCUT2D eigenvalue weighted by Gasteiger charge is -2.15. The number of hydrogen-bond acceptors (Lipinski definition) is 5. The number of ether oxygens (including phenoxy) is 3. The zero-order chi connectivity index (χ0) is 8.69. The van der Waals surface area contributed by atoms with Gasteiger partial charge in [-0.2, -0.15) is 0 Å². The maximum atomic E-state index is 8.81. The van der Waals surface area contributed by atoms with Crippen molar-refractivity contribution in [1.82, 2.24) is 0 Å². The second-order valence-corrected chi connectivity index (χ2v) is 1.93. The van der Waals surface area contributed by atoms with E-state index in [0.29, 0.717) is 0 Å². The molecule has 0 spiro atoms. The van der Waals surface area contributed by atoms with Crippen molar-refractivity contribution in [1.29, 1.82) is 0 Å². The lowest BCUT2D eigenvalue weighted by atomic mass is 10.4. The van der Waals surface area contributed by atoms with Gasteiger partial charge in [0.25, 0.3) is 6.48 Å². The Morgan fingerprint density at radius 1 is 1.27 bits per heavy atom. The molecule has 11 heavy (non-hydrogen) atoms. The summed E-state index contributed by atoms with van der Waals surface area (Å²) in [4.78, 5) is 0. The Morgan fingerprint density at radius 3 is 2.18 bits per heavy atom. The third-order valence-corrected chi connectivity index (χ3v) is 1.02. The first-order chi connectivity index (χ1) is 5.24. The summed E-state index contributed by atoms with van der Waals surface area (Å²) in [6.45, 7) is -1.13. The SMILES string of the molecule is COC(OC)OCC(O)CO. The van der Waals surface area contributed by atoms with Crippen LogP contribution in [0.5, 0.6) is 0 Å². The molecule has 0 aromatic heterocycles. The van der Waals surface area contributed by atoms with Crippen molar-refractivity contribution in [2.45, 2.75) is 12.6 Å². The number of rotatable bonds is 6. The van der Waals surface area contributed by atoms with E-state index >= 15 is 0 Å². The van der Waals surface area contributed by atoms with Crippen molar-refractivity contribution >= 4 is 0 Å². The minimum Gasteiger partial charge on any atom is -0.394 e. The normalized spacial score (nSPS) is 13.9. The summed E-state index contributed by atoms with van der Waals surface area (Å²) >= 11 is 0. The van der Waals surface area contributed by atoms with Crippen LogP contribution in [-0.4, -0.2) is 50.2 Å². The fourth-order valence-corrected chi connectivity index (χ4v) is 0.475. The van der Waals surface area contributed by atoms with Crippen molar-refractivity contribution in [3.63, 3.8) is 0 Å². The van der Waals surface area contributed by atoms with Crippen molar-refractivity contribution in [2.24, 2.45) is 0 Å². The van der Waals surface area contributed by atoms with Gasteiger partial charge in [-0.3, -0.25) is 0 Å². The molecule has 5 heteroatoms. The van der Waals surface area contributed by atoms with Gasteiger partial charge in [-0.15, -0.1) is 0 Å². The van der Waals surface area contributed by atoms with Crippen molar-refractivity contribution in [3.8, 4) is 0 Å². The van der Waals surface area contributed by atoms with Crippen LogP contribution in [0.1, 0.15) is 0 Å². The molecule has 0 aromatic rings. The van der Waals surface area contributed by atoms with Crippen molar-refractivity contribution in [2.75, 3.05) is 27.4 Å². The monoisotopic (exact) mass is 166 g/mol. The molecule has 0 amide bonds. The summed E-state index contributed by atoms with van der Waals surface area (Å²) < 4.78 is 14.2. The Balaban J connectivity index is 3.34. The van der Waals surface area contributed by atoms with Crippen LogP contribution < -0.4 is 0 Å². The first-order valence-corrected chi connectivity index (χ1v) is 3.20. The van der Waals surface area contributed by atoms with Crippen LogP contribution in [0.3, 0.4) is 0 Å². The molecular formula is C6H14O5. The largest absolute Gasteiger partial charge is 0.394 e. The van der Waals surface area contributed by atoms with Gasteiger partial charge < -0.3 is 24.4 Å². The molecule has 0 saturated heterocycles. The number of aliphatic hydroxyl groups excluding tert-OH is 2. The van der Waals surface area contributed by atoms with Gasteiger partial charge in [0.05, 0.1) is 13.2 Å². The highest BCUT2D eigenvalue weighted by Gasteiger charge is 2.08. The van der Waals surface area contributed by atoms with Crippen molar-refractivity contribution in [3.05, 3.63) is 0 Å². The van der Waals surface area contributed by atoms with Gasteiger partial charge in [0.1, 0.15) is 6.10 Å². The fraction of sp³-hybridized carbons (Fsp3) is 1.00. The summed E-state index contributed by atoms with van der Waals surface area (Å²) in [5.74, 6) is 0. The molecule has 1 unspecified atom stereocenters. The standard InChI is InChI=1S/C6H14O5/c1-9-6(10-2)11-4-5(8)3-7/h5-8H,3-4H2,1-2H3. The second kappa shape index (κ2) is 6.51. The molecule has 0 rings (SSSR count). The molecule has 0 bridgehead atoms. The maximum absolute atomic E-state index is 8.81. The Hall–Kier alpha value is -0.200. The van der Waals surface area contributed by atoms with Crippen LogP contribution in [0.25, 0.3) is 0 Å². The molecule has 5 nitrogen and oxygen atoms in total. The average molecular weight is 166 g/mol. The quantitative estimate of drug-likeness (QED) is 0.492. The van der Waals surface area contributed by atoms with E-state index in [1.807, 2.05) is 0 Å². The molecule has 0 heterocycles. The molecule has 0 aromatic carbocycles. The van der Waals surface area contributed by atoms with Gasteiger partial charge in [0.15, 0.2) is 0 Å². The van der Waals surface area contributed by atoms with E-state index in [0.717, 1.165) is 0 Å². The molecule has 0 aliphatic rings. The molecule has 1 atom stereocenters. The zero-order valence-electron chi connectivity index (χ0n) is 6.69. The molecule has 0 aliphatic carbocycles. The summed E-state index contributed by atoms with van der Waals surface area (Å²) in [6, 6.07) is 0.